The molecule has 1 heterocycles. The number of hydrogen-bond donors (Lipinski definition) is 1. The van der Waals surface area contributed by atoms with Crippen LogP contribution in [0, 0.1) is 18.3 Å². The van der Waals surface area contributed by atoms with Crippen molar-refractivity contribution in [1.82, 2.24) is 0 Å². The first-order valence-electron chi connectivity index (χ1n) is 6.49. The van der Waals surface area contributed by atoms with E-state index in [4.69, 9.17) is 21.1 Å². The molecule has 1 atom stereocenters. The zero-order valence-corrected chi connectivity index (χ0v) is 12.1. The van der Waals surface area contributed by atoms with Gasteiger partial charge in [-0.05, 0) is 42.3 Å². The number of nitriles is 1. The smallest absolute Gasteiger partial charge is 0.231 e. The molecular weight excluding hydrogens is 288 g/mol. The second-order valence-electron chi connectivity index (χ2n) is 4.81. The third kappa shape index (κ3) is 2.74. The summed E-state index contributed by atoms with van der Waals surface area (Å²) in [5, 5.41) is 13.1. The number of rotatable bonds is 3. The molecule has 3 rings (SSSR count). The fourth-order valence-electron chi connectivity index (χ4n) is 2.25. The molecule has 0 amide bonds. The lowest BCUT2D eigenvalue weighted by molar-refractivity contribution is 0.174. The van der Waals surface area contributed by atoms with Gasteiger partial charge < -0.3 is 14.8 Å². The van der Waals surface area contributed by atoms with Gasteiger partial charge in [0.05, 0.1) is 11.1 Å². The maximum absolute atomic E-state index is 9.42. The molecule has 0 aliphatic carbocycles. The van der Waals surface area contributed by atoms with Crippen molar-refractivity contribution in [2.24, 2.45) is 0 Å². The number of nitrogens with one attached hydrogen (secondary N) is 1. The van der Waals surface area contributed by atoms with Gasteiger partial charge in [-0.2, -0.15) is 5.26 Å². The van der Waals surface area contributed by atoms with Gasteiger partial charge in [-0.25, -0.2) is 0 Å². The van der Waals surface area contributed by atoms with Gasteiger partial charge in [0.1, 0.15) is 6.04 Å². The lowest BCUT2D eigenvalue weighted by Gasteiger charge is -2.15. The molecular formula is C16H13ClN2O2. The van der Waals surface area contributed by atoms with Crippen LogP contribution < -0.4 is 14.8 Å². The van der Waals surface area contributed by atoms with Gasteiger partial charge in [0, 0.05) is 5.69 Å². The summed E-state index contributed by atoms with van der Waals surface area (Å²) >= 11 is 6.16. The minimum Gasteiger partial charge on any atom is -0.454 e. The van der Waals surface area contributed by atoms with E-state index < -0.39 is 6.04 Å². The number of halogens is 1. The number of benzene rings is 2. The van der Waals surface area contributed by atoms with E-state index >= 15 is 0 Å². The Kier molecular flexibility index (Phi) is 3.59. The molecule has 106 valence electrons. The normalized spacial score (nSPS) is 13.6. The van der Waals surface area contributed by atoms with Crippen LogP contribution in [0.1, 0.15) is 17.2 Å². The van der Waals surface area contributed by atoms with Crippen LogP contribution in [0.4, 0.5) is 5.69 Å². The third-order valence-corrected chi connectivity index (χ3v) is 3.52. The zero-order valence-electron chi connectivity index (χ0n) is 11.4. The summed E-state index contributed by atoms with van der Waals surface area (Å²) in [6.45, 7) is 2.16. The highest BCUT2D eigenvalue weighted by Gasteiger charge is 2.21. The quantitative estimate of drug-likeness (QED) is 0.929. The van der Waals surface area contributed by atoms with E-state index in [0.29, 0.717) is 16.5 Å². The van der Waals surface area contributed by atoms with Crippen molar-refractivity contribution in [3.05, 3.63) is 52.5 Å². The predicted molar refractivity (Wildman–Crippen MR) is 80.7 cm³/mol. The Morgan fingerprint density at radius 3 is 2.90 bits per heavy atom. The highest BCUT2D eigenvalue weighted by molar-refractivity contribution is 6.32. The summed E-state index contributed by atoms with van der Waals surface area (Å²) in [5.74, 6) is 1.11. The molecule has 1 N–H and O–H groups in total. The first kappa shape index (κ1) is 13.6. The van der Waals surface area contributed by atoms with E-state index in [2.05, 4.69) is 11.4 Å². The Balaban J connectivity index is 1.91. The van der Waals surface area contributed by atoms with Gasteiger partial charge in [-0.1, -0.05) is 23.7 Å². The van der Waals surface area contributed by atoms with Crippen molar-refractivity contribution in [2.45, 2.75) is 13.0 Å². The Hall–Kier alpha value is -2.38. The average Bonchev–Trinajstić information content (AvgIpc) is 2.93. The van der Waals surface area contributed by atoms with E-state index in [1.54, 1.807) is 12.1 Å². The van der Waals surface area contributed by atoms with Crippen LogP contribution in [0.15, 0.2) is 36.4 Å². The number of aryl methyl sites for hydroxylation is 1. The lowest BCUT2D eigenvalue weighted by Crippen LogP contribution is -2.08. The molecule has 0 saturated carbocycles. The van der Waals surface area contributed by atoms with Gasteiger partial charge in [0.2, 0.25) is 6.79 Å². The number of ether oxygens (including phenoxy) is 2. The van der Waals surface area contributed by atoms with Crippen LogP contribution in [0.3, 0.4) is 0 Å². The maximum atomic E-state index is 9.42. The molecule has 5 heteroatoms. The van der Waals surface area contributed by atoms with Crippen LogP contribution in [-0.2, 0) is 0 Å². The Labute approximate surface area is 127 Å². The van der Waals surface area contributed by atoms with Crippen molar-refractivity contribution in [2.75, 3.05) is 12.1 Å². The van der Waals surface area contributed by atoms with Crippen molar-refractivity contribution >= 4 is 17.3 Å². The van der Waals surface area contributed by atoms with Crippen LogP contribution in [-0.4, -0.2) is 6.79 Å². The summed E-state index contributed by atoms with van der Waals surface area (Å²) in [7, 11) is 0. The molecule has 0 aromatic heterocycles. The van der Waals surface area contributed by atoms with Crippen molar-refractivity contribution in [1.29, 1.82) is 5.26 Å². The van der Waals surface area contributed by atoms with Gasteiger partial charge in [0.15, 0.2) is 11.5 Å². The standard InChI is InChI=1S/C16H13ClN2O2/c1-10-3-2-4-12(5-10)19-14(8-18)11-6-13(17)16-15(7-11)20-9-21-16/h2-7,14,19H,9H2,1H3. The molecule has 2 aromatic rings. The molecule has 0 fully saturated rings. The van der Waals surface area contributed by atoms with Crippen LogP contribution in [0.25, 0.3) is 0 Å². The Bertz CT molecular complexity index is 725. The number of hydrogen-bond acceptors (Lipinski definition) is 4. The number of anilines is 1. The molecule has 0 saturated heterocycles. The van der Waals surface area contributed by atoms with E-state index in [-0.39, 0.29) is 6.79 Å². The molecule has 0 bridgehead atoms. The lowest BCUT2D eigenvalue weighted by atomic mass is 10.1. The second kappa shape index (κ2) is 5.55. The summed E-state index contributed by atoms with van der Waals surface area (Å²) in [5.41, 5.74) is 2.75. The molecule has 0 radical (unpaired) electrons. The SMILES string of the molecule is Cc1cccc(NC(C#N)c2cc(Cl)c3c(c2)OCO3)c1. The highest BCUT2D eigenvalue weighted by atomic mass is 35.5. The number of nitrogens with zero attached hydrogens (tertiary/aromatic N) is 1. The van der Waals surface area contributed by atoms with Crippen LogP contribution in [0.2, 0.25) is 5.02 Å². The topological polar surface area (TPSA) is 54.3 Å². The molecule has 4 nitrogen and oxygen atoms in total. The van der Waals surface area contributed by atoms with Gasteiger partial charge in [-0.3, -0.25) is 0 Å². The minimum absolute atomic E-state index is 0.154. The molecule has 0 spiro atoms. The largest absolute Gasteiger partial charge is 0.454 e. The van der Waals surface area contributed by atoms with E-state index in [1.165, 1.54) is 0 Å². The zero-order chi connectivity index (χ0) is 14.8. The van der Waals surface area contributed by atoms with Gasteiger partial charge in [-0.15, -0.1) is 0 Å². The molecule has 1 aliphatic rings. The fourth-order valence-corrected chi connectivity index (χ4v) is 2.52. The Morgan fingerprint density at radius 1 is 1.29 bits per heavy atom. The van der Waals surface area contributed by atoms with Crippen molar-refractivity contribution in [3.63, 3.8) is 0 Å². The van der Waals surface area contributed by atoms with Crippen LogP contribution >= 0.6 is 11.6 Å². The molecule has 21 heavy (non-hydrogen) atoms. The summed E-state index contributed by atoms with van der Waals surface area (Å²) in [4.78, 5) is 0. The minimum atomic E-state index is -0.515. The number of fused-ring (bicyclic) bond motifs is 1. The fraction of sp³-hybridized carbons (Fsp3) is 0.188. The molecule has 1 unspecified atom stereocenters. The monoisotopic (exact) mass is 300 g/mol. The molecule has 1 aliphatic heterocycles. The van der Waals surface area contributed by atoms with E-state index in [9.17, 15) is 5.26 Å². The van der Waals surface area contributed by atoms with E-state index in [0.717, 1.165) is 16.8 Å². The molecule has 2 aromatic carbocycles. The summed E-state index contributed by atoms with van der Waals surface area (Å²) in [6, 6.07) is 13.1. The summed E-state index contributed by atoms with van der Waals surface area (Å²) < 4.78 is 10.6. The van der Waals surface area contributed by atoms with Gasteiger partial charge >= 0.3 is 0 Å². The third-order valence-electron chi connectivity index (χ3n) is 3.24. The second-order valence-corrected chi connectivity index (χ2v) is 5.22. The van der Waals surface area contributed by atoms with E-state index in [1.807, 2.05) is 31.2 Å². The first-order valence-corrected chi connectivity index (χ1v) is 6.87. The first-order chi connectivity index (χ1) is 10.2. The van der Waals surface area contributed by atoms with Gasteiger partial charge in [0.25, 0.3) is 0 Å². The van der Waals surface area contributed by atoms with Crippen molar-refractivity contribution < 1.29 is 9.47 Å². The Morgan fingerprint density at radius 2 is 2.14 bits per heavy atom. The van der Waals surface area contributed by atoms with Crippen LogP contribution in [0.5, 0.6) is 11.5 Å². The highest BCUT2D eigenvalue weighted by Crippen LogP contribution is 2.41. The van der Waals surface area contributed by atoms with Crippen molar-refractivity contribution in [3.8, 4) is 17.6 Å². The maximum Gasteiger partial charge on any atom is 0.231 e. The predicted octanol–water partition coefficient (Wildman–Crippen LogP) is 4.05. The summed E-state index contributed by atoms with van der Waals surface area (Å²) in [6.07, 6.45) is 0. The average molecular weight is 301 g/mol.